The van der Waals surface area contributed by atoms with Crippen LogP contribution < -0.4 is 5.32 Å². The highest BCUT2D eigenvalue weighted by Gasteiger charge is 2.19. The Morgan fingerprint density at radius 3 is 2.73 bits per heavy atom. The van der Waals surface area contributed by atoms with Crippen LogP contribution in [0.15, 0.2) is 36.9 Å². The quantitative estimate of drug-likeness (QED) is 0.920. The minimum absolute atomic E-state index is 0.00867. The Bertz CT molecular complexity index is 620. The topological polar surface area (TPSA) is 67.8 Å². The normalized spacial score (nSPS) is 11.2. The SMILES string of the molecule is CC(C)(C)c1ncncc1CNC(=O)CCc1ccccn1. The lowest BCUT2D eigenvalue weighted by atomic mass is 9.89. The number of hydrogen-bond donors (Lipinski definition) is 1. The van der Waals surface area contributed by atoms with Crippen molar-refractivity contribution in [2.45, 2.75) is 45.6 Å². The van der Waals surface area contributed by atoms with Gasteiger partial charge >= 0.3 is 0 Å². The lowest BCUT2D eigenvalue weighted by Gasteiger charge is -2.21. The third kappa shape index (κ3) is 4.62. The number of rotatable bonds is 5. The summed E-state index contributed by atoms with van der Waals surface area (Å²) in [5.74, 6) is 0.00867. The number of carbonyl (C=O) groups excluding carboxylic acids is 1. The zero-order chi connectivity index (χ0) is 16.0. The van der Waals surface area contributed by atoms with E-state index in [-0.39, 0.29) is 11.3 Å². The molecule has 0 saturated carbocycles. The molecule has 0 fully saturated rings. The summed E-state index contributed by atoms with van der Waals surface area (Å²) in [6, 6.07) is 5.72. The highest BCUT2D eigenvalue weighted by molar-refractivity contribution is 5.76. The maximum Gasteiger partial charge on any atom is 0.220 e. The molecule has 0 aliphatic heterocycles. The maximum atomic E-state index is 12.0. The first-order chi connectivity index (χ1) is 10.5. The molecule has 116 valence electrons. The summed E-state index contributed by atoms with van der Waals surface area (Å²) < 4.78 is 0. The number of hydrogen-bond acceptors (Lipinski definition) is 4. The Kier molecular flexibility index (Phi) is 5.20. The molecule has 0 radical (unpaired) electrons. The molecule has 0 aliphatic rings. The van der Waals surface area contributed by atoms with Crippen molar-refractivity contribution in [2.75, 3.05) is 0 Å². The molecule has 0 atom stereocenters. The summed E-state index contributed by atoms with van der Waals surface area (Å²) in [7, 11) is 0. The van der Waals surface area contributed by atoms with Crippen molar-refractivity contribution in [1.82, 2.24) is 20.3 Å². The number of amides is 1. The van der Waals surface area contributed by atoms with Crippen LogP contribution in [-0.4, -0.2) is 20.9 Å². The third-order valence-electron chi connectivity index (χ3n) is 3.31. The van der Waals surface area contributed by atoms with E-state index in [1.54, 1.807) is 18.7 Å². The van der Waals surface area contributed by atoms with Gasteiger partial charge in [-0.25, -0.2) is 9.97 Å². The Labute approximate surface area is 131 Å². The van der Waals surface area contributed by atoms with Gasteiger partial charge in [0.05, 0.1) is 5.69 Å². The van der Waals surface area contributed by atoms with Crippen LogP contribution in [0.4, 0.5) is 0 Å². The summed E-state index contributed by atoms with van der Waals surface area (Å²) in [6.45, 7) is 6.75. The molecule has 2 aromatic rings. The molecule has 1 amide bonds. The molecule has 0 bridgehead atoms. The molecule has 5 nitrogen and oxygen atoms in total. The predicted octanol–water partition coefficient (Wildman–Crippen LogP) is 2.42. The van der Waals surface area contributed by atoms with Crippen LogP contribution in [0.3, 0.4) is 0 Å². The van der Waals surface area contributed by atoms with Crippen molar-refractivity contribution in [3.63, 3.8) is 0 Å². The zero-order valence-corrected chi connectivity index (χ0v) is 13.3. The summed E-state index contributed by atoms with van der Waals surface area (Å²) >= 11 is 0. The van der Waals surface area contributed by atoms with E-state index >= 15 is 0 Å². The van der Waals surface area contributed by atoms with Crippen molar-refractivity contribution in [1.29, 1.82) is 0 Å². The van der Waals surface area contributed by atoms with E-state index < -0.39 is 0 Å². The smallest absolute Gasteiger partial charge is 0.220 e. The van der Waals surface area contributed by atoms with Crippen LogP contribution in [0, 0.1) is 0 Å². The monoisotopic (exact) mass is 298 g/mol. The molecule has 0 saturated heterocycles. The van der Waals surface area contributed by atoms with Gasteiger partial charge in [0, 0.05) is 42.0 Å². The molecule has 5 heteroatoms. The summed E-state index contributed by atoms with van der Waals surface area (Å²) in [5, 5.41) is 2.93. The van der Waals surface area contributed by atoms with Gasteiger partial charge in [0.25, 0.3) is 0 Å². The van der Waals surface area contributed by atoms with Crippen LogP contribution in [0.1, 0.15) is 44.1 Å². The van der Waals surface area contributed by atoms with Crippen molar-refractivity contribution in [3.8, 4) is 0 Å². The second-order valence-electron chi connectivity index (χ2n) is 6.24. The van der Waals surface area contributed by atoms with Crippen LogP contribution in [0.2, 0.25) is 0 Å². The Morgan fingerprint density at radius 1 is 1.23 bits per heavy atom. The second-order valence-corrected chi connectivity index (χ2v) is 6.24. The van der Waals surface area contributed by atoms with E-state index in [4.69, 9.17) is 0 Å². The number of pyridine rings is 1. The first-order valence-electron chi connectivity index (χ1n) is 7.43. The Hall–Kier alpha value is -2.30. The molecule has 2 heterocycles. The first-order valence-corrected chi connectivity index (χ1v) is 7.43. The molecular formula is C17H22N4O. The molecule has 0 unspecified atom stereocenters. The van der Waals surface area contributed by atoms with E-state index in [9.17, 15) is 4.79 Å². The fraction of sp³-hybridized carbons (Fsp3) is 0.412. The van der Waals surface area contributed by atoms with Gasteiger partial charge in [-0.3, -0.25) is 9.78 Å². The van der Waals surface area contributed by atoms with Crippen molar-refractivity contribution in [2.24, 2.45) is 0 Å². The molecule has 1 N–H and O–H groups in total. The van der Waals surface area contributed by atoms with Gasteiger partial charge in [-0.2, -0.15) is 0 Å². The van der Waals surface area contributed by atoms with Crippen molar-refractivity contribution < 1.29 is 4.79 Å². The van der Waals surface area contributed by atoms with Crippen LogP contribution in [0.25, 0.3) is 0 Å². The van der Waals surface area contributed by atoms with Gasteiger partial charge in [0.1, 0.15) is 6.33 Å². The van der Waals surface area contributed by atoms with Gasteiger partial charge in [0.2, 0.25) is 5.91 Å². The van der Waals surface area contributed by atoms with Gasteiger partial charge < -0.3 is 5.32 Å². The van der Waals surface area contributed by atoms with Gasteiger partial charge in [-0.15, -0.1) is 0 Å². The third-order valence-corrected chi connectivity index (χ3v) is 3.31. The lowest BCUT2D eigenvalue weighted by molar-refractivity contribution is -0.121. The number of nitrogens with one attached hydrogen (secondary N) is 1. The largest absolute Gasteiger partial charge is 0.352 e. The maximum absolute atomic E-state index is 12.0. The average molecular weight is 298 g/mol. The number of aromatic nitrogens is 3. The molecular weight excluding hydrogens is 276 g/mol. The van der Waals surface area contributed by atoms with Crippen LogP contribution in [-0.2, 0) is 23.2 Å². The summed E-state index contributed by atoms with van der Waals surface area (Å²) in [5.41, 5.74) is 2.78. The summed E-state index contributed by atoms with van der Waals surface area (Å²) in [4.78, 5) is 24.6. The average Bonchev–Trinajstić information content (AvgIpc) is 2.51. The predicted molar refractivity (Wildman–Crippen MR) is 85.1 cm³/mol. The van der Waals surface area contributed by atoms with E-state index in [1.165, 1.54) is 0 Å². The summed E-state index contributed by atoms with van der Waals surface area (Å²) in [6.07, 6.45) is 6.13. The number of carbonyl (C=O) groups is 1. The Morgan fingerprint density at radius 2 is 2.05 bits per heavy atom. The number of nitrogens with zero attached hydrogens (tertiary/aromatic N) is 3. The zero-order valence-electron chi connectivity index (χ0n) is 13.3. The van der Waals surface area contributed by atoms with Gasteiger partial charge in [0.15, 0.2) is 0 Å². The van der Waals surface area contributed by atoms with Crippen molar-refractivity contribution >= 4 is 5.91 Å². The molecule has 0 spiro atoms. The van der Waals surface area contributed by atoms with E-state index in [1.807, 2.05) is 18.2 Å². The highest BCUT2D eigenvalue weighted by atomic mass is 16.1. The second kappa shape index (κ2) is 7.11. The Balaban J connectivity index is 1.89. The van der Waals surface area contributed by atoms with Crippen LogP contribution in [0.5, 0.6) is 0 Å². The minimum Gasteiger partial charge on any atom is -0.352 e. The minimum atomic E-state index is -0.0725. The molecule has 0 aliphatic carbocycles. The van der Waals surface area contributed by atoms with Gasteiger partial charge in [-0.1, -0.05) is 26.8 Å². The molecule has 2 rings (SSSR count). The van der Waals surface area contributed by atoms with Crippen LogP contribution >= 0.6 is 0 Å². The standard InChI is InChI=1S/C17H22N4O/c1-17(2,3)16-13(10-18-12-21-16)11-20-15(22)8-7-14-6-4-5-9-19-14/h4-6,9-10,12H,7-8,11H2,1-3H3,(H,20,22). The molecule has 0 aromatic carbocycles. The molecule has 2 aromatic heterocycles. The van der Waals surface area contributed by atoms with Crippen molar-refractivity contribution in [3.05, 3.63) is 53.9 Å². The van der Waals surface area contributed by atoms with Gasteiger partial charge in [-0.05, 0) is 18.6 Å². The van der Waals surface area contributed by atoms with E-state index in [0.29, 0.717) is 19.4 Å². The molecule has 22 heavy (non-hydrogen) atoms. The van der Waals surface area contributed by atoms with E-state index in [0.717, 1.165) is 17.0 Å². The number of aryl methyl sites for hydroxylation is 1. The lowest BCUT2D eigenvalue weighted by Crippen LogP contribution is -2.26. The van der Waals surface area contributed by atoms with E-state index in [2.05, 4.69) is 41.0 Å². The first kappa shape index (κ1) is 16.1. The fourth-order valence-electron chi connectivity index (χ4n) is 2.23. The fourth-order valence-corrected chi connectivity index (χ4v) is 2.23. The highest BCUT2D eigenvalue weighted by Crippen LogP contribution is 2.22.